The second-order valence-electron chi connectivity index (χ2n) is 6.89. The molecule has 0 aliphatic carbocycles. The van der Waals surface area contributed by atoms with Crippen LogP contribution in [0.1, 0.15) is 23.4 Å². The van der Waals surface area contributed by atoms with Gasteiger partial charge in [-0.3, -0.25) is 4.79 Å². The molecule has 0 saturated carbocycles. The van der Waals surface area contributed by atoms with E-state index in [2.05, 4.69) is 5.32 Å². The van der Waals surface area contributed by atoms with E-state index in [-0.39, 0.29) is 11.9 Å². The number of amides is 1. The lowest BCUT2D eigenvalue weighted by Crippen LogP contribution is -3.15. The average molecular weight is 421 g/mol. The minimum Gasteiger partial charge on any atom is -0.344 e. The average Bonchev–Trinajstić information content (AvgIpc) is 3.23. The zero-order valence-electron chi connectivity index (χ0n) is 15.9. The number of quaternary nitrogens is 1. The summed E-state index contributed by atoms with van der Waals surface area (Å²) in [5.74, 6) is -0.00354. The summed E-state index contributed by atoms with van der Waals surface area (Å²) in [6.07, 6.45) is 1.62. The van der Waals surface area contributed by atoms with Gasteiger partial charge in [0.2, 0.25) is 10.0 Å². The van der Waals surface area contributed by atoms with Crippen LogP contribution in [-0.2, 0) is 14.8 Å². The highest BCUT2D eigenvalue weighted by Gasteiger charge is 2.28. The summed E-state index contributed by atoms with van der Waals surface area (Å²) in [7, 11) is -3.44. The Morgan fingerprint density at radius 2 is 1.93 bits per heavy atom. The topological polar surface area (TPSA) is 70.9 Å². The van der Waals surface area contributed by atoms with Crippen molar-refractivity contribution in [2.75, 3.05) is 32.7 Å². The van der Waals surface area contributed by atoms with Gasteiger partial charge in [0, 0.05) is 10.3 Å². The van der Waals surface area contributed by atoms with E-state index in [9.17, 15) is 13.2 Å². The van der Waals surface area contributed by atoms with E-state index in [0.29, 0.717) is 32.7 Å². The molecular weight excluding hydrogens is 394 g/mol. The molecule has 0 unspecified atom stereocenters. The summed E-state index contributed by atoms with van der Waals surface area (Å²) >= 11 is 1.62. The summed E-state index contributed by atoms with van der Waals surface area (Å²) in [4.78, 5) is 14.5. The first-order chi connectivity index (χ1) is 13.4. The van der Waals surface area contributed by atoms with E-state index in [0.717, 1.165) is 15.3 Å². The molecule has 28 heavy (non-hydrogen) atoms. The van der Waals surface area contributed by atoms with Crippen LogP contribution in [0.5, 0.6) is 0 Å². The predicted octanol–water partition coefficient (Wildman–Crippen LogP) is 1.13. The minimum absolute atomic E-state index is 0.00306. The van der Waals surface area contributed by atoms with Crippen molar-refractivity contribution in [2.45, 2.75) is 13.0 Å². The van der Waals surface area contributed by atoms with E-state index in [1.54, 1.807) is 17.4 Å². The lowest BCUT2D eigenvalue weighted by Gasteiger charge is -2.30. The van der Waals surface area contributed by atoms with Crippen molar-refractivity contribution in [1.82, 2.24) is 9.62 Å². The van der Waals surface area contributed by atoms with Gasteiger partial charge in [0.1, 0.15) is 0 Å². The van der Waals surface area contributed by atoms with Crippen molar-refractivity contribution in [3.05, 3.63) is 63.7 Å². The number of hydrogen-bond donors (Lipinski definition) is 2. The molecule has 1 aromatic carbocycles. The molecule has 3 rings (SSSR count). The normalized spacial score (nSPS) is 17.6. The van der Waals surface area contributed by atoms with Gasteiger partial charge in [0.25, 0.3) is 5.91 Å². The SMILES string of the molecule is C[C@H](NC(=O)C[NH+]1CCN(S(=O)(=O)/C=C/c2ccccc2)CC1)c1cccs1. The summed E-state index contributed by atoms with van der Waals surface area (Å²) in [5, 5.41) is 6.28. The molecule has 0 spiro atoms. The molecule has 1 aliphatic rings. The van der Waals surface area contributed by atoms with E-state index in [4.69, 9.17) is 0 Å². The molecule has 1 saturated heterocycles. The van der Waals surface area contributed by atoms with Gasteiger partial charge in [-0.2, -0.15) is 4.31 Å². The number of thiophene rings is 1. The van der Waals surface area contributed by atoms with E-state index < -0.39 is 10.0 Å². The molecule has 2 N–H and O–H groups in total. The summed E-state index contributed by atoms with van der Waals surface area (Å²) < 4.78 is 26.5. The quantitative estimate of drug-likeness (QED) is 0.705. The third-order valence-electron chi connectivity index (χ3n) is 4.78. The lowest BCUT2D eigenvalue weighted by molar-refractivity contribution is -0.895. The molecule has 1 aromatic heterocycles. The first kappa shape index (κ1) is 20.7. The summed E-state index contributed by atoms with van der Waals surface area (Å²) in [6, 6.07) is 13.3. The number of rotatable bonds is 7. The largest absolute Gasteiger partial charge is 0.344 e. The number of carbonyl (C=O) groups excluding carboxylic acids is 1. The number of carbonyl (C=O) groups is 1. The summed E-state index contributed by atoms with van der Waals surface area (Å²) in [5.41, 5.74) is 0.854. The van der Waals surface area contributed by atoms with Gasteiger partial charge in [0.15, 0.2) is 6.54 Å². The Kier molecular flexibility index (Phi) is 7.01. The van der Waals surface area contributed by atoms with E-state index in [1.165, 1.54) is 9.71 Å². The van der Waals surface area contributed by atoms with Crippen LogP contribution in [0.2, 0.25) is 0 Å². The predicted molar refractivity (Wildman–Crippen MR) is 112 cm³/mol. The Morgan fingerprint density at radius 1 is 1.21 bits per heavy atom. The van der Waals surface area contributed by atoms with Gasteiger partial charge in [-0.15, -0.1) is 11.3 Å². The highest BCUT2D eigenvalue weighted by atomic mass is 32.2. The number of piperazine rings is 1. The van der Waals surface area contributed by atoms with Gasteiger partial charge in [-0.1, -0.05) is 36.4 Å². The fourth-order valence-electron chi connectivity index (χ4n) is 3.18. The monoisotopic (exact) mass is 420 g/mol. The van der Waals surface area contributed by atoms with Crippen LogP contribution in [0.15, 0.2) is 53.3 Å². The molecule has 8 heteroatoms. The zero-order valence-corrected chi connectivity index (χ0v) is 17.5. The van der Waals surface area contributed by atoms with Crippen LogP contribution in [0.4, 0.5) is 0 Å². The third kappa shape index (κ3) is 5.75. The second-order valence-corrected chi connectivity index (χ2v) is 9.69. The molecular formula is C20H26N3O3S2+. The van der Waals surface area contributed by atoms with Gasteiger partial charge in [-0.25, -0.2) is 8.42 Å². The second kappa shape index (κ2) is 9.47. The molecule has 1 amide bonds. The molecule has 2 heterocycles. The van der Waals surface area contributed by atoms with Gasteiger partial charge < -0.3 is 10.2 Å². The van der Waals surface area contributed by atoms with Crippen molar-refractivity contribution < 1.29 is 18.1 Å². The molecule has 150 valence electrons. The van der Waals surface area contributed by atoms with E-state index in [1.807, 2.05) is 54.8 Å². The Morgan fingerprint density at radius 3 is 2.57 bits per heavy atom. The van der Waals surface area contributed by atoms with Gasteiger partial charge in [0.05, 0.1) is 32.2 Å². The number of sulfonamides is 1. The van der Waals surface area contributed by atoms with Crippen molar-refractivity contribution in [2.24, 2.45) is 0 Å². The molecule has 2 aromatic rings. The first-order valence-electron chi connectivity index (χ1n) is 9.33. The van der Waals surface area contributed by atoms with Crippen LogP contribution >= 0.6 is 11.3 Å². The number of benzene rings is 1. The van der Waals surface area contributed by atoms with Crippen molar-refractivity contribution >= 4 is 33.3 Å². The number of nitrogens with one attached hydrogen (secondary N) is 2. The van der Waals surface area contributed by atoms with Crippen LogP contribution in [0.25, 0.3) is 6.08 Å². The highest BCUT2D eigenvalue weighted by molar-refractivity contribution is 7.92. The van der Waals surface area contributed by atoms with Crippen molar-refractivity contribution in [3.8, 4) is 0 Å². The fourth-order valence-corrected chi connectivity index (χ4v) is 5.10. The minimum atomic E-state index is -3.44. The molecule has 1 atom stereocenters. The highest BCUT2D eigenvalue weighted by Crippen LogP contribution is 2.17. The smallest absolute Gasteiger partial charge is 0.275 e. The Hall–Kier alpha value is -2.00. The van der Waals surface area contributed by atoms with Crippen LogP contribution in [0, 0.1) is 0 Å². The summed E-state index contributed by atoms with van der Waals surface area (Å²) in [6.45, 7) is 4.43. The maximum atomic E-state index is 12.5. The molecule has 0 radical (unpaired) electrons. The van der Waals surface area contributed by atoms with Gasteiger partial charge >= 0.3 is 0 Å². The number of hydrogen-bond acceptors (Lipinski definition) is 4. The van der Waals surface area contributed by atoms with Crippen LogP contribution in [-0.4, -0.2) is 51.4 Å². The molecule has 1 fully saturated rings. The molecule has 0 bridgehead atoms. The lowest BCUT2D eigenvalue weighted by atomic mass is 10.2. The van der Waals surface area contributed by atoms with Crippen molar-refractivity contribution in [1.29, 1.82) is 0 Å². The maximum absolute atomic E-state index is 12.5. The fraction of sp³-hybridized carbons (Fsp3) is 0.350. The molecule has 6 nitrogen and oxygen atoms in total. The van der Waals surface area contributed by atoms with Crippen LogP contribution < -0.4 is 10.2 Å². The Bertz CT molecular complexity index is 888. The van der Waals surface area contributed by atoms with Crippen molar-refractivity contribution in [3.63, 3.8) is 0 Å². The van der Waals surface area contributed by atoms with Gasteiger partial charge in [-0.05, 0) is 30.0 Å². The zero-order chi connectivity index (χ0) is 20.0. The standard InChI is InChI=1S/C20H25N3O3S2/c1-17(19-8-5-14-27-19)21-20(24)16-22-10-12-23(13-11-22)28(25,26)15-9-18-6-3-2-4-7-18/h2-9,14-15,17H,10-13,16H2,1H3,(H,21,24)/p+1/b15-9+/t17-/m0/s1. The first-order valence-corrected chi connectivity index (χ1v) is 11.7. The Balaban J connectivity index is 1.47. The Labute approximate surface area is 170 Å². The number of nitrogens with zero attached hydrogens (tertiary/aromatic N) is 1. The maximum Gasteiger partial charge on any atom is 0.275 e. The third-order valence-corrected chi connectivity index (χ3v) is 7.40. The van der Waals surface area contributed by atoms with E-state index >= 15 is 0 Å². The van der Waals surface area contributed by atoms with Crippen LogP contribution in [0.3, 0.4) is 0 Å². The molecule has 1 aliphatic heterocycles.